The van der Waals surface area contributed by atoms with Crippen LogP contribution in [-0.4, -0.2) is 31.4 Å². The standard InChI is InChI=1S/C4H9N3O/c1-7(2)4(8)3-6-5/h5H,3H2,1-2H3. The molecule has 1 N–H and O–H groups in total. The maximum absolute atomic E-state index is 10.5. The summed E-state index contributed by atoms with van der Waals surface area (Å²) in [4.78, 5) is 11.9. The molecule has 0 aromatic heterocycles. The number of carbonyl (C=O) groups is 1. The molecule has 0 atom stereocenters. The van der Waals surface area contributed by atoms with Gasteiger partial charge in [0.15, 0.2) is 0 Å². The summed E-state index contributed by atoms with van der Waals surface area (Å²) in [7, 11) is 3.26. The molecule has 0 aromatic rings. The van der Waals surface area contributed by atoms with Crippen molar-refractivity contribution in [3.63, 3.8) is 0 Å². The summed E-state index contributed by atoms with van der Waals surface area (Å²) in [5.74, 6) is -0.139. The van der Waals surface area contributed by atoms with Crippen molar-refractivity contribution in [3.05, 3.63) is 0 Å². The molecule has 0 saturated carbocycles. The lowest BCUT2D eigenvalue weighted by atomic mass is 10.6. The fraction of sp³-hybridized carbons (Fsp3) is 0.750. The Bertz CT molecular complexity index is 99.5. The van der Waals surface area contributed by atoms with Crippen LogP contribution in [0.15, 0.2) is 5.11 Å². The van der Waals surface area contributed by atoms with E-state index < -0.39 is 0 Å². The van der Waals surface area contributed by atoms with Gasteiger partial charge < -0.3 is 4.90 Å². The average Bonchev–Trinajstić information content (AvgIpc) is 1.67. The van der Waals surface area contributed by atoms with Crippen LogP contribution < -0.4 is 0 Å². The van der Waals surface area contributed by atoms with Gasteiger partial charge in [0.25, 0.3) is 0 Å². The van der Waals surface area contributed by atoms with Crippen molar-refractivity contribution >= 4 is 5.91 Å². The van der Waals surface area contributed by atoms with Crippen LogP contribution in [-0.2, 0) is 4.79 Å². The number of carbonyl (C=O) groups excluding carboxylic acids is 1. The summed E-state index contributed by atoms with van der Waals surface area (Å²) < 4.78 is 0. The number of likely N-dealkylation sites (N-methyl/N-ethyl adjacent to an activating group) is 1. The van der Waals surface area contributed by atoms with Gasteiger partial charge in [0.2, 0.25) is 5.91 Å². The molecule has 0 fully saturated rings. The number of hydrogen-bond donors (Lipinski definition) is 1. The first kappa shape index (κ1) is 7.07. The molecule has 46 valence electrons. The van der Waals surface area contributed by atoms with Gasteiger partial charge in [0.1, 0.15) is 6.54 Å². The summed E-state index contributed by atoms with van der Waals surface area (Å²) in [5.41, 5.74) is 6.30. The van der Waals surface area contributed by atoms with E-state index in [1.54, 1.807) is 14.1 Å². The average molecular weight is 115 g/mol. The Morgan fingerprint density at radius 3 is 2.38 bits per heavy atom. The van der Waals surface area contributed by atoms with Gasteiger partial charge in [-0.2, -0.15) is 5.11 Å². The molecular weight excluding hydrogens is 106 g/mol. The molecule has 0 rings (SSSR count). The van der Waals surface area contributed by atoms with Gasteiger partial charge in [-0.25, -0.2) is 5.53 Å². The van der Waals surface area contributed by atoms with Gasteiger partial charge in [-0.05, 0) is 0 Å². The molecule has 0 aliphatic heterocycles. The molecule has 0 spiro atoms. The fourth-order valence-corrected chi connectivity index (χ4v) is 0.209. The molecular formula is C4H9N3O. The highest BCUT2D eigenvalue weighted by Crippen LogP contribution is 1.77. The molecule has 8 heavy (non-hydrogen) atoms. The third-order valence-electron chi connectivity index (χ3n) is 0.713. The SMILES string of the molecule is CN(C)C(=O)CN=N. The second-order valence-corrected chi connectivity index (χ2v) is 1.60. The lowest BCUT2D eigenvalue weighted by molar-refractivity contribution is -0.127. The highest BCUT2D eigenvalue weighted by molar-refractivity contribution is 5.77. The third-order valence-corrected chi connectivity index (χ3v) is 0.713. The Labute approximate surface area is 48.0 Å². The maximum atomic E-state index is 10.5. The van der Waals surface area contributed by atoms with Crippen molar-refractivity contribution < 1.29 is 4.79 Å². The van der Waals surface area contributed by atoms with Crippen LogP contribution >= 0.6 is 0 Å². The highest BCUT2D eigenvalue weighted by atomic mass is 16.2. The molecule has 0 aromatic carbocycles. The smallest absolute Gasteiger partial charge is 0.245 e. The van der Waals surface area contributed by atoms with E-state index in [-0.39, 0.29) is 12.5 Å². The number of nitrogens with zero attached hydrogens (tertiary/aromatic N) is 2. The second kappa shape index (κ2) is 3.12. The van der Waals surface area contributed by atoms with Crippen molar-refractivity contribution in [2.45, 2.75) is 0 Å². The van der Waals surface area contributed by atoms with Gasteiger partial charge in [-0.15, -0.1) is 0 Å². The van der Waals surface area contributed by atoms with E-state index in [0.29, 0.717) is 0 Å². The largest absolute Gasteiger partial charge is 0.347 e. The summed E-state index contributed by atoms with van der Waals surface area (Å²) in [6, 6.07) is 0. The quantitative estimate of drug-likeness (QED) is 0.510. The molecule has 0 heterocycles. The Morgan fingerprint density at radius 1 is 1.75 bits per heavy atom. The van der Waals surface area contributed by atoms with Crippen molar-refractivity contribution in [2.75, 3.05) is 20.6 Å². The van der Waals surface area contributed by atoms with Gasteiger partial charge in [-0.3, -0.25) is 4.79 Å². The number of nitrogens with one attached hydrogen (secondary N) is 1. The third kappa shape index (κ3) is 2.28. The topological polar surface area (TPSA) is 56.5 Å². The normalized spacial score (nSPS) is 8.25. The Morgan fingerprint density at radius 2 is 2.25 bits per heavy atom. The predicted molar refractivity (Wildman–Crippen MR) is 28.7 cm³/mol. The first-order valence-electron chi connectivity index (χ1n) is 2.22. The summed E-state index contributed by atoms with van der Waals surface area (Å²) in [5, 5.41) is 2.92. The summed E-state index contributed by atoms with van der Waals surface area (Å²) in [6.07, 6.45) is 0. The molecule has 4 heteroatoms. The molecule has 0 aliphatic rings. The Balaban J connectivity index is 3.48. The fourth-order valence-electron chi connectivity index (χ4n) is 0.209. The molecule has 0 bridgehead atoms. The first-order chi connectivity index (χ1) is 3.68. The minimum atomic E-state index is -0.139. The zero-order chi connectivity index (χ0) is 6.57. The van der Waals surface area contributed by atoms with Crippen LogP contribution in [0.5, 0.6) is 0 Å². The summed E-state index contributed by atoms with van der Waals surface area (Å²) in [6.45, 7) is -0.0347. The van der Waals surface area contributed by atoms with Crippen molar-refractivity contribution in [1.82, 2.24) is 4.90 Å². The van der Waals surface area contributed by atoms with E-state index in [1.807, 2.05) is 0 Å². The molecule has 0 radical (unpaired) electrons. The van der Waals surface area contributed by atoms with E-state index in [2.05, 4.69) is 5.11 Å². The first-order valence-corrected chi connectivity index (χ1v) is 2.22. The van der Waals surface area contributed by atoms with E-state index >= 15 is 0 Å². The van der Waals surface area contributed by atoms with E-state index in [0.717, 1.165) is 0 Å². The molecule has 4 nitrogen and oxygen atoms in total. The number of hydrogen-bond acceptors (Lipinski definition) is 3. The van der Waals surface area contributed by atoms with E-state index in [1.165, 1.54) is 4.90 Å². The molecule has 0 saturated heterocycles. The monoisotopic (exact) mass is 115 g/mol. The van der Waals surface area contributed by atoms with Crippen LogP contribution in [0.4, 0.5) is 0 Å². The van der Waals surface area contributed by atoms with E-state index in [4.69, 9.17) is 5.53 Å². The van der Waals surface area contributed by atoms with Gasteiger partial charge in [0.05, 0.1) is 0 Å². The van der Waals surface area contributed by atoms with Gasteiger partial charge in [-0.1, -0.05) is 0 Å². The zero-order valence-corrected chi connectivity index (χ0v) is 5.01. The second-order valence-electron chi connectivity index (χ2n) is 1.60. The number of amides is 1. The van der Waals surface area contributed by atoms with Crippen molar-refractivity contribution in [3.8, 4) is 0 Å². The number of rotatable bonds is 2. The van der Waals surface area contributed by atoms with Crippen molar-refractivity contribution in [1.29, 1.82) is 5.53 Å². The van der Waals surface area contributed by atoms with E-state index in [9.17, 15) is 4.79 Å². The molecule has 1 amide bonds. The minimum Gasteiger partial charge on any atom is -0.347 e. The van der Waals surface area contributed by atoms with Crippen molar-refractivity contribution in [2.24, 2.45) is 5.11 Å². The molecule has 0 aliphatic carbocycles. The Kier molecular flexibility index (Phi) is 2.76. The van der Waals surface area contributed by atoms with Gasteiger partial charge in [0, 0.05) is 14.1 Å². The van der Waals surface area contributed by atoms with Crippen LogP contribution in [0, 0.1) is 5.53 Å². The lowest BCUT2D eigenvalue weighted by Crippen LogP contribution is -2.23. The van der Waals surface area contributed by atoms with Crippen LogP contribution in [0.3, 0.4) is 0 Å². The van der Waals surface area contributed by atoms with Crippen LogP contribution in [0.2, 0.25) is 0 Å². The summed E-state index contributed by atoms with van der Waals surface area (Å²) >= 11 is 0. The Hall–Kier alpha value is -0.930. The van der Waals surface area contributed by atoms with Crippen LogP contribution in [0.25, 0.3) is 0 Å². The maximum Gasteiger partial charge on any atom is 0.245 e. The zero-order valence-electron chi connectivity index (χ0n) is 5.01. The predicted octanol–water partition coefficient (Wildman–Crippen LogP) is 0.106. The minimum absolute atomic E-state index is 0.0347. The van der Waals surface area contributed by atoms with Crippen LogP contribution in [0.1, 0.15) is 0 Å². The lowest BCUT2D eigenvalue weighted by Gasteiger charge is -2.05. The highest BCUT2D eigenvalue weighted by Gasteiger charge is 1.98. The molecule has 0 unspecified atom stereocenters. The van der Waals surface area contributed by atoms with Gasteiger partial charge >= 0.3 is 0 Å².